The van der Waals surface area contributed by atoms with Crippen molar-refractivity contribution in [1.29, 1.82) is 0 Å². The van der Waals surface area contributed by atoms with Crippen LogP contribution in [-0.2, 0) is 13.5 Å². The van der Waals surface area contributed by atoms with Gasteiger partial charge in [-0.25, -0.2) is 8.78 Å². The molecule has 0 aromatic carbocycles. The van der Waals surface area contributed by atoms with Crippen molar-refractivity contribution in [3.8, 4) is 33.8 Å². The summed E-state index contributed by atoms with van der Waals surface area (Å²) in [5.41, 5.74) is 3.58. The predicted molar refractivity (Wildman–Crippen MR) is 226 cm³/mol. The minimum atomic E-state index is -0.829. The Morgan fingerprint density at radius 1 is 0.688 bits per heavy atom. The van der Waals surface area contributed by atoms with Crippen LogP contribution < -0.4 is 11.1 Å². The van der Waals surface area contributed by atoms with E-state index in [4.69, 9.17) is 9.05 Å². The Kier molecular flexibility index (Phi) is 8.89. The van der Waals surface area contributed by atoms with Crippen molar-refractivity contribution in [3.05, 3.63) is 160 Å². The molecule has 0 bridgehead atoms. The number of hydrogen-bond acceptors (Lipinski definition) is 13. The normalized spacial score (nSPS) is 12.9. The minimum Gasteiger partial charge on any atom is -0.356 e. The van der Waals surface area contributed by atoms with Crippen LogP contribution in [0.2, 0.25) is 0 Å². The molecule has 0 saturated heterocycles. The Balaban J connectivity index is 0.962. The van der Waals surface area contributed by atoms with E-state index in [9.17, 15) is 9.59 Å². The molecule has 18 nitrogen and oxygen atoms in total. The fourth-order valence-electron chi connectivity index (χ4n) is 8.09. The molecule has 0 saturated carbocycles. The lowest BCUT2D eigenvalue weighted by atomic mass is 10.1. The van der Waals surface area contributed by atoms with Gasteiger partial charge < -0.3 is 18.2 Å². The van der Waals surface area contributed by atoms with E-state index >= 15 is 8.78 Å². The molecular weight excluding hydrogens is 827 g/mol. The number of aromatic nitrogens is 14. The summed E-state index contributed by atoms with van der Waals surface area (Å²) in [5, 5.41) is 30.3. The molecule has 64 heavy (non-hydrogen) atoms. The highest BCUT2D eigenvalue weighted by molar-refractivity contribution is 5.82. The molecule has 11 aromatic heterocycles. The highest BCUT2D eigenvalue weighted by Crippen LogP contribution is 2.31. The molecule has 0 unspecified atom stereocenters. The van der Waals surface area contributed by atoms with Crippen LogP contribution in [0, 0.1) is 18.6 Å². The number of nitrogens with zero attached hydrogens (tertiary/aromatic N) is 14. The van der Waals surface area contributed by atoms with Crippen LogP contribution in [0.1, 0.15) is 48.5 Å². The molecule has 0 aliphatic carbocycles. The maximum atomic E-state index is 15.7. The van der Waals surface area contributed by atoms with Crippen molar-refractivity contribution in [2.75, 3.05) is 0 Å². The molecule has 316 valence electrons. The van der Waals surface area contributed by atoms with E-state index in [0.717, 1.165) is 5.56 Å². The van der Waals surface area contributed by atoms with Gasteiger partial charge in [-0.05, 0) is 69.2 Å². The number of fused-ring (bicyclic) bond motifs is 4. The van der Waals surface area contributed by atoms with Gasteiger partial charge in [0.1, 0.15) is 0 Å². The predicted octanol–water partition coefficient (Wildman–Crippen LogP) is 6.32. The van der Waals surface area contributed by atoms with Crippen LogP contribution >= 0.6 is 0 Å². The Morgan fingerprint density at radius 3 is 2.08 bits per heavy atom. The Labute approximate surface area is 357 Å². The average molecular weight is 859 g/mol. The highest BCUT2D eigenvalue weighted by Gasteiger charge is 2.26. The van der Waals surface area contributed by atoms with Gasteiger partial charge in [0.2, 0.25) is 0 Å². The van der Waals surface area contributed by atoms with Crippen molar-refractivity contribution in [1.82, 2.24) is 68.4 Å². The van der Waals surface area contributed by atoms with Crippen LogP contribution in [-0.4, -0.2) is 68.4 Å². The van der Waals surface area contributed by atoms with E-state index in [1.54, 1.807) is 111 Å². The molecule has 0 radical (unpaired) electrons. The van der Waals surface area contributed by atoms with Gasteiger partial charge in [0.15, 0.2) is 46.1 Å². The molecule has 2 atom stereocenters. The third-order valence-corrected chi connectivity index (χ3v) is 11.3. The SMILES string of the molecule is Cc1cc(-c2cc(F)c3nnc([C@H](CCc4cc(-c5cc(F)c6nnc([C@@H](C)n7ccc8ncccc8c7=O)n6c5)on4)n4ccc5ncc(-c6cnn(C)c6)cc5c4=O)n3c2)on1. The van der Waals surface area contributed by atoms with Crippen LogP contribution in [0.15, 0.2) is 123 Å². The van der Waals surface area contributed by atoms with E-state index in [1.165, 1.54) is 30.1 Å². The van der Waals surface area contributed by atoms with E-state index in [0.29, 0.717) is 61.5 Å². The molecule has 0 N–H and O–H groups in total. The zero-order valence-corrected chi connectivity index (χ0v) is 34.0. The number of pyridine rings is 6. The molecule has 11 heterocycles. The van der Waals surface area contributed by atoms with Crippen molar-refractivity contribution in [3.63, 3.8) is 0 Å². The van der Waals surface area contributed by atoms with E-state index in [2.05, 4.69) is 45.8 Å². The zero-order valence-electron chi connectivity index (χ0n) is 34.0. The van der Waals surface area contributed by atoms with E-state index < -0.39 is 23.7 Å². The third kappa shape index (κ3) is 6.41. The first-order valence-electron chi connectivity index (χ1n) is 20.0. The smallest absolute Gasteiger partial charge is 0.260 e. The summed E-state index contributed by atoms with van der Waals surface area (Å²) in [6.45, 7) is 3.53. The van der Waals surface area contributed by atoms with Gasteiger partial charge >= 0.3 is 0 Å². The van der Waals surface area contributed by atoms with Crippen molar-refractivity contribution in [2.45, 2.75) is 38.8 Å². The Morgan fingerprint density at radius 2 is 1.36 bits per heavy atom. The van der Waals surface area contributed by atoms with Gasteiger partial charge in [-0.1, -0.05) is 10.3 Å². The summed E-state index contributed by atoms with van der Waals surface area (Å²) in [6.07, 6.45) is 13.8. The Hall–Kier alpha value is -8.55. The highest BCUT2D eigenvalue weighted by atomic mass is 19.1. The summed E-state index contributed by atoms with van der Waals surface area (Å²) >= 11 is 0. The van der Waals surface area contributed by atoms with Crippen molar-refractivity contribution < 1.29 is 17.8 Å². The molecule has 0 aliphatic rings. The second-order valence-corrected chi connectivity index (χ2v) is 15.5. The lowest BCUT2D eigenvalue weighted by Crippen LogP contribution is -2.27. The van der Waals surface area contributed by atoms with Crippen LogP contribution in [0.5, 0.6) is 0 Å². The van der Waals surface area contributed by atoms with Crippen molar-refractivity contribution >= 4 is 33.1 Å². The van der Waals surface area contributed by atoms with Crippen molar-refractivity contribution in [2.24, 2.45) is 7.05 Å². The van der Waals surface area contributed by atoms with E-state index in [1.807, 2.05) is 6.20 Å². The van der Waals surface area contributed by atoms with Gasteiger partial charge in [-0.3, -0.25) is 33.0 Å². The first kappa shape index (κ1) is 38.4. The molecule has 20 heteroatoms. The summed E-state index contributed by atoms with van der Waals surface area (Å²) in [6, 6.07) is 13.1. The molecule has 11 aromatic rings. The second kappa shape index (κ2) is 14.8. The van der Waals surface area contributed by atoms with Gasteiger partial charge in [-0.15, -0.1) is 20.4 Å². The summed E-state index contributed by atoms with van der Waals surface area (Å²) in [5.74, 6) is -0.170. The van der Waals surface area contributed by atoms with Crippen LogP contribution in [0.4, 0.5) is 8.78 Å². The molecule has 0 aliphatic heterocycles. The lowest BCUT2D eigenvalue weighted by molar-refractivity contribution is 0.416. The zero-order chi connectivity index (χ0) is 43.8. The summed E-state index contributed by atoms with van der Waals surface area (Å²) < 4.78 is 50.3. The first-order valence-corrected chi connectivity index (χ1v) is 20.0. The number of aryl methyl sites for hydroxylation is 3. The molecule has 0 fully saturated rings. The fourth-order valence-corrected chi connectivity index (χ4v) is 8.09. The number of rotatable bonds is 10. The maximum Gasteiger partial charge on any atom is 0.260 e. The van der Waals surface area contributed by atoms with Gasteiger partial charge in [0.05, 0.1) is 51.5 Å². The third-order valence-electron chi connectivity index (χ3n) is 11.3. The maximum absolute atomic E-state index is 15.7. The lowest BCUT2D eigenvalue weighted by Gasteiger charge is -2.19. The molecule has 11 rings (SSSR count). The second-order valence-electron chi connectivity index (χ2n) is 15.5. The van der Waals surface area contributed by atoms with Gasteiger partial charge in [0, 0.05) is 84.8 Å². The quantitative estimate of drug-likeness (QED) is 0.148. The van der Waals surface area contributed by atoms with Crippen LogP contribution in [0.25, 0.3) is 66.9 Å². The van der Waals surface area contributed by atoms with Gasteiger partial charge in [-0.2, -0.15) is 5.10 Å². The summed E-state index contributed by atoms with van der Waals surface area (Å²) in [4.78, 5) is 36.8. The first-order chi connectivity index (χ1) is 31.1. The fraction of sp³-hybridized carbons (Fsp3) is 0.159. The average Bonchev–Trinajstić information content (AvgIpc) is 4.16. The topological polar surface area (TPSA) is 200 Å². The molecular formula is C44H32F2N14O4. The largest absolute Gasteiger partial charge is 0.356 e. The monoisotopic (exact) mass is 858 g/mol. The van der Waals surface area contributed by atoms with Gasteiger partial charge in [0.25, 0.3) is 11.1 Å². The summed E-state index contributed by atoms with van der Waals surface area (Å²) in [7, 11) is 1.80. The minimum absolute atomic E-state index is 0.0363. The number of halogens is 2. The van der Waals surface area contributed by atoms with Crippen LogP contribution in [0.3, 0.4) is 0 Å². The molecule has 0 amide bonds. The van der Waals surface area contributed by atoms with E-state index in [-0.39, 0.29) is 46.8 Å². The number of hydrogen-bond donors (Lipinski definition) is 0. The Bertz CT molecular complexity index is 3750. The molecule has 0 spiro atoms. The standard InChI is InChI=1S/C44H32F2N14O4/c1-23-13-37(63-54-23)26-15-33(46)41-52-53-42(60(41)22-26)36(58-12-9-35-31(44(58)62)14-25(18-48-35)28-19-49-56(3)20-28)7-6-29-17-38(64-55-29)27-16-32(45)40-51-50-39(59(40)21-27)24(2)57-11-8-34-30(43(57)61)5-4-10-47-34/h4-5,8-22,24,36H,6-7H2,1-3H3/t24-,36+/m1/s1.